The van der Waals surface area contributed by atoms with Crippen LogP contribution in [0.2, 0.25) is 19.6 Å². The Hall–Kier alpha value is -1.08. The third-order valence-corrected chi connectivity index (χ3v) is 4.37. The molecule has 16 heavy (non-hydrogen) atoms. The van der Waals surface area contributed by atoms with E-state index < -0.39 is 8.07 Å². The summed E-state index contributed by atoms with van der Waals surface area (Å²) >= 11 is 0. The van der Waals surface area contributed by atoms with Gasteiger partial charge in [-0.05, 0) is 34.9 Å². The largest absolute Gasteiger partial charge is 0.0693 e. The van der Waals surface area contributed by atoms with Gasteiger partial charge in [0.05, 0.1) is 0 Å². The van der Waals surface area contributed by atoms with Crippen LogP contribution in [-0.4, -0.2) is 8.07 Å². The lowest BCUT2D eigenvalue weighted by atomic mass is 10.0. The van der Waals surface area contributed by atoms with Crippen molar-refractivity contribution in [3.8, 4) is 0 Å². The molecule has 0 aliphatic heterocycles. The Bertz CT molecular complexity index is 506. The second-order valence-electron chi connectivity index (χ2n) is 5.86. The zero-order chi connectivity index (χ0) is 11.8. The molecule has 0 aliphatic rings. The monoisotopic (exact) mass is 228 g/mol. The number of hydrogen-bond donors (Lipinski definition) is 0. The average molecular weight is 228 g/mol. The van der Waals surface area contributed by atoms with Crippen LogP contribution in [0.25, 0.3) is 10.8 Å². The molecule has 0 saturated carbocycles. The molecule has 0 unspecified atom stereocenters. The number of hydrogen-bond acceptors (Lipinski definition) is 0. The highest BCUT2D eigenvalue weighted by Gasteiger charge is 2.15. The van der Waals surface area contributed by atoms with E-state index in [0.29, 0.717) is 0 Å². The number of aryl methyl sites for hydroxylation is 1. The first kappa shape index (κ1) is 11.4. The van der Waals surface area contributed by atoms with Gasteiger partial charge in [0.2, 0.25) is 0 Å². The van der Waals surface area contributed by atoms with E-state index in [1.807, 2.05) is 0 Å². The minimum absolute atomic E-state index is 1.02. The molecule has 0 bridgehead atoms. The van der Waals surface area contributed by atoms with Gasteiger partial charge in [-0.3, -0.25) is 0 Å². The number of fused-ring (bicyclic) bond motifs is 1. The fourth-order valence-corrected chi connectivity index (χ4v) is 3.69. The van der Waals surface area contributed by atoms with E-state index in [9.17, 15) is 0 Å². The standard InChI is InChI=1S/C15H20Si/c1-12-9-13-7-5-6-8-14(13)10-15(12)11-16(2,3)4/h5-10H,11H2,1-4H3. The Kier molecular flexibility index (Phi) is 2.89. The van der Waals surface area contributed by atoms with Crippen molar-refractivity contribution >= 4 is 18.8 Å². The fourth-order valence-electron chi connectivity index (χ4n) is 2.16. The van der Waals surface area contributed by atoms with E-state index in [-0.39, 0.29) is 0 Å². The predicted octanol–water partition coefficient (Wildman–Crippen LogP) is 4.57. The normalized spacial score (nSPS) is 12.0. The van der Waals surface area contributed by atoms with Crippen molar-refractivity contribution in [1.82, 2.24) is 0 Å². The average Bonchev–Trinajstić information content (AvgIpc) is 2.17. The zero-order valence-corrected chi connectivity index (χ0v) is 11.7. The quantitative estimate of drug-likeness (QED) is 0.661. The summed E-state index contributed by atoms with van der Waals surface area (Å²) in [5, 5.41) is 2.74. The lowest BCUT2D eigenvalue weighted by Crippen LogP contribution is -2.24. The summed E-state index contributed by atoms with van der Waals surface area (Å²) in [7, 11) is -1.02. The highest BCUT2D eigenvalue weighted by atomic mass is 28.3. The van der Waals surface area contributed by atoms with E-state index in [4.69, 9.17) is 0 Å². The lowest BCUT2D eigenvalue weighted by molar-refractivity contribution is 1.26. The molecule has 2 aromatic carbocycles. The maximum absolute atomic E-state index is 2.43. The summed E-state index contributed by atoms with van der Waals surface area (Å²) in [5.41, 5.74) is 2.99. The zero-order valence-electron chi connectivity index (χ0n) is 10.7. The summed E-state index contributed by atoms with van der Waals surface area (Å²) in [6, 6.07) is 14.6. The molecule has 0 amide bonds. The van der Waals surface area contributed by atoms with Gasteiger partial charge in [0.25, 0.3) is 0 Å². The summed E-state index contributed by atoms with van der Waals surface area (Å²) in [4.78, 5) is 0. The number of rotatable bonds is 2. The molecule has 84 valence electrons. The molecule has 1 heteroatoms. The maximum Gasteiger partial charge on any atom is 0.0487 e. The van der Waals surface area contributed by atoms with E-state index >= 15 is 0 Å². The van der Waals surface area contributed by atoms with Crippen molar-refractivity contribution in [2.24, 2.45) is 0 Å². The van der Waals surface area contributed by atoms with Gasteiger partial charge < -0.3 is 0 Å². The van der Waals surface area contributed by atoms with Crippen LogP contribution in [0.5, 0.6) is 0 Å². The Labute approximate surface area is 99.3 Å². The van der Waals surface area contributed by atoms with E-state index in [1.165, 1.54) is 27.9 Å². The Balaban J connectivity index is 2.50. The van der Waals surface area contributed by atoms with Gasteiger partial charge in [0, 0.05) is 8.07 Å². The third-order valence-electron chi connectivity index (χ3n) is 2.93. The summed E-state index contributed by atoms with van der Waals surface area (Å²) < 4.78 is 0. The highest BCUT2D eigenvalue weighted by Crippen LogP contribution is 2.22. The SMILES string of the molecule is Cc1cc2ccccc2cc1C[Si](C)(C)C. The molecular formula is C15H20Si. The number of benzene rings is 2. The molecule has 2 aromatic rings. The third kappa shape index (κ3) is 2.53. The van der Waals surface area contributed by atoms with Crippen molar-refractivity contribution in [2.75, 3.05) is 0 Å². The molecule has 0 aliphatic carbocycles. The second-order valence-corrected chi connectivity index (χ2v) is 11.3. The first-order valence-corrected chi connectivity index (χ1v) is 9.65. The summed E-state index contributed by atoms with van der Waals surface area (Å²) in [5.74, 6) is 0. The molecular weight excluding hydrogens is 208 g/mol. The molecule has 0 aromatic heterocycles. The summed E-state index contributed by atoms with van der Waals surface area (Å²) in [6.45, 7) is 9.53. The fraction of sp³-hybridized carbons (Fsp3) is 0.333. The van der Waals surface area contributed by atoms with Crippen molar-refractivity contribution in [1.29, 1.82) is 0 Å². The van der Waals surface area contributed by atoms with Crippen molar-refractivity contribution in [2.45, 2.75) is 32.6 Å². The molecule has 0 saturated heterocycles. The Morgan fingerprint density at radius 3 is 2.06 bits per heavy atom. The van der Waals surface area contributed by atoms with Gasteiger partial charge in [0.15, 0.2) is 0 Å². The molecule has 0 heterocycles. The van der Waals surface area contributed by atoms with Crippen LogP contribution in [0, 0.1) is 6.92 Å². The Morgan fingerprint density at radius 2 is 1.50 bits per heavy atom. The lowest BCUT2D eigenvalue weighted by Gasteiger charge is -2.18. The first-order chi connectivity index (χ1) is 7.46. The van der Waals surface area contributed by atoms with Crippen molar-refractivity contribution in [3.63, 3.8) is 0 Å². The minimum Gasteiger partial charge on any atom is -0.0693 e. The molecule has 0 radical (unpaired) electrons. The second kappa shape index (κ2) is 4.06. The van der Waals surface area contributed by atoms with Gasteiger partial charge in [-0.15, -0.1) is 0 Å². The summed E-state index contributed by atoms with van der Waals surface area (Å²) in [6.07, 6.45) is 0. The van der Waals surface area contributed by atoms with E-state index in [2.05, 4.69) is 63.0 Å². The van der Waals surface area contributed by atoms with Crippen LogP contribution in [0.3, 0.4) is 0 Å². The van der Waals surface area contributed by atoms with Crippen LogP contribution in [0.4, 0.5) is 0 Å². The van der Waals surface area contributed by atoms with Gasteiger partial charge >= 0.3 is 0 Å². The van der Waals surface area contributed by atoms with Gasteiger partial charge in [-0.1, -0.05) is 56.0 Å². The minimum atomic E-state index is -1.02. The first-order valence-electron chi connectivity index (χ1n) is 5.94. The predicted molar refractivity (Wildman–Crippen MR) is 75.7 cm³/mol. The van der Waals surface area contributed by atoms with Crippen LogP contribution in [0.15, 0.2) is 36.4 Å². The van der Waals surface area contributed by atoms with Gasteiger partial charge in [-0.2, -0.15) is 0 Å². The molecule has 2 rings (SSSR count). The van der Waals surface area contributed by atoms with E-state index in [1.54, 1.807) is 0 Å². The highest BCUT2D eigenvalue weighted by molar-refractivity contribution is 6.75. The molecule has 0 spiro atoms. The van der Waals surface area contributed by atoms with Gasteiger partial charge in [0.1, 0.15) is 0 Å². The van der Waals surface area contributed by atoms with Crippen molar-refractivity contribution < 1.29 is 0 Å². The van der Waals surface area contributed by atoms with Crippen LogP contribution in [-0.2, 0) is 6.04 Å². The van der Waals surface area contributed by atoms with Crippen molar-refractivity contribution in [3.05, 3.63) is 47.5 Å². The van der Waals surface area contributed by atoms with Crippen LogP contribution >= 0.6 is 0 Å². The topological polar surface area (TPSA) is 0 Å². The molecule has 0 nitrogen and oxygen atoms in total. The molecule has 0 fully saturated rings. The maximum atomic E-state index is 2.43. The molecule has 0 N–H and O–H groups in total. The Morgan fingerprint density at radius 1 is 0.938 bits per heavy atom. The van der Waals surface area contributed by atoms with Gasteiger partial charge in [-0.25, -0.2) is 0 Å². The van der Waals surface area contributed by atoms with E-state index in [0.717, 1.165) is 0 Å². The van der Waals surface area contributed by atoms with Crippen LogP contribution in [0.1, 0.15) is 11.1 Å². The van der Waals surface area contributed by atoms with Crippen LogP contribution < -0.4 is 0 Å². The smallest absolute Gasteiger partial charge is 0.0487 e. The molecule has 0 atom stereocenters.